The van der Waals surface area contributed by atoms with Crippen LogP contribution in [-0.4, -0.2) is 55.6 Å². The fourth-order valence-corrected chi connectivity index (χ4v) is 1.22. The molecule has 0 saturated carbocycles. The number of rotatable bonds is 2. The van der Waals surface area contributed by atoms with Gasteiger partial charge in [0.05, 0.1) is 6.61 Å². The van der Waals surface area contributed by atoms with Crippen molar-refractivity contribution in [2.75, 3.05) is 20.8 Å². The van der Waals surface area contributed by atoms with E-state index in [4.69, 9.17) is 14.2 Å². The second-order valence-electron chi connectivity index (χ2n) is 2.70. The first-order valence-corrected chi connectivity index (χ1v) is 3.74. The first kappa shape index (κ1) is 9.88. The molecule has 1 aliphatic heterocycles. The molecule has 2 N–H and O–H groups in total. The normalized spacial score (nSPS) is 43.0. The van der Waals surface area contributed by atoms with Gasteiger partial charge < -0.3 is 24.4 Å². The van der Waals surface area contributed by atoms with Crippen molar-refractivity contribution in [3.63, 3.8) is 0 Å². The lowest BCUT2D eigenvalue weighted by Gasteiger charge is -2.36. The van der Waals surface area contributed by atoms with Gasteiger partial charge in [-0.05, 0) is 0 Å². The fourth-order valence-electron chi connectivity index (χ4n) is 1.22. The van der Waals surface area contributed by atoms with Gasteiger partial charge in [-0.3, -0.25) is 0 Å². The van der Waals surface area contributed by atoms with Crippen LogP contribution in [0.4, 0.5) is 0 Å². The first-order valence-electron chi connectivity index (χ1n) is 3.74. The molecule has 0 aromatic carbocycles. The zero-order valence-corrected chi connectivity index (χ0v) is 7.14. The van der Waals surface area contributed by atoms with Gasteiger partial charge in [0.2, 0.25) is 0 Å². The van der Waals surface area contributed by atoms with Crippen LogP contribution in [0.3, 0.4) is 0 Å². The summed E-state index contributed by atoms with van der Waals surface area (Å²) in [5.41, 5.74) is 0. The van der Waals surface area contributed by atoms with Crippen molar-refractivity contribution >= 4 is 0 Å². The predicted molar refractivity (Wildman–Crippen MR) is 39.6 cm³/mol. The lowest BCUT2D eigenvalue weighted by molar-refractivity contribution is -0.268. The van der Waals surface area contributed by atoms with Crippen molar-refractivity contribution < 1.29 is 24.4 Å². The Morgan fingerprint density at radius 2 is 1.92 bits per heavy atom. The molecule has 0 bridgehead atoms. The minimum absolute atomic E-state index is 0.0690. The highest BCUT2D eigenvalue weighted by atomic mass is 16.7. The van der Waals surface area contributed by atoms with Crippen LogP contribution < -0.4 is 0 Å². The molecule has 12 heavy (non-hydrogen) atoms. The van der Waals surface area contributed by atoms with Gasteiger partial charge in [-0.2, -0.15) is 0 Å². The van der Waals surface area contributed by atoms with E-state index in [1.807, 2.05) is 0 Å². The van der Waals surface area contributed by atoms with Gasteiger partial charge in [0.25, 0.3) is 0 Å². The van der Waals surface area contributed by atoms with Crippen LogP contribution in [0.25, 0.3) is 0 Å². The molecule has 0 aromatic rings. The van der Waals surface area contributed by atoms with Gasteiger partial charge in [0, 0.05) is 14.2 Å². The molecule has 1 heterocycles. The summed E-state index contributed by atoms with van der Waals surface area (Å²) in [7, 11) is 2.89. The molecule has 1 rings (SSSR count). The van der Waals surface area contributed by atoms with E-state index in [-0.39, 0.29) is 6.61 Å². The third kappa shape index (κ3) is 1.75. The van der Waals surface area contributed by atoms with Crippen molar-refractivity contribution in [1.29, 1.82) is 0 Å². The highest BCUT2D eigenvalue weighted by molar-refractivity contribution is 4.83. The summed E-state index contributed by atoms with van der Waals surface area (Å²) in [5.74, 6) is 0. The van der Waals surface area contributed by atoms with E-state index in [0.717, 1.165) is 0 Å². The number of aliphatic hydroxyl groups excluding tert-OH is 2. The molecule has 0 aromatic heterocycles. The van der Waals surface area contributed by atoms with Crippen LogP contribution in [0.1, 0.15) is 0 Å². The summed E-state index contributed by atoms with van der Waals surface area (Å²) in [4.78, 5) is 0. The minimum atomic E-state index is -0.950. The Bertz CT molecular complexity index is 138. The summed E-state index contributed by atoms with van der Waals surface area (Å²) in [6, 6.07) is 0. The monoisotopic (exact) mass is 178 g/mol. The quantitative estimate of drug-likeness (QED) is 0.551. The number of hydrogen-bond donors (Lipinski definition) is 2. The van der Waals surface area contributed by atoms with Crippen LogP contribution in [-0.2, 0) is 14.2 Å². The van der Waals surface area contributed by atoms with Crippen LogP contribution in [0.2, 0.25) is 0 Å². The molecule has 1 fully saturated rings. The fraction of sp³-hybridized carbons (Fsp3) is 1.00. The van der Waals surface area contributed by atoms with Crippen molar-refractivity contribution in [2.45, 2.75) is 24.6 Å². The van der Waals surface area contributed by atoms with E-state index in [1.165, 1.54) is 14.2 Å². The lowest BCUT2D eigenvalue weighted by atomic mass is 10.1. The number of aliphatic hydroxyl groups is 2. The SMILES string of the molecule is COC1OC[C@H](O)[C@@H](O)[C@H]1OC. The highest BCUT2D eigenvalue weighted by Crippen LogP contribution is 2.18. The number of ether oxygens (including phenoxy) is 3. The van der Waals surface area contributed by atoms with Gasteiger partial charge >= 0.3 is 0 Å². The topological polar surface area (TPSA) is 68.2 Å². The zero-order valence-electron chi connectivity index (χ0n) is 7.14. The molecule has 1 aliphatic rings. The molecule has 0 spiro atoms. The summed E-state index contributed by atoms with van der Waals surface area (Å²) < 4.78 is 14.9. The Hall–Kier alpha value is -0.200. The van der Waals surface area contributed by atoms with Gasteiger partial charge in [-0.25, -0.2) is 0 Å². The van der Waals surface area contributed by atoms with Crippen LogP contribution >= 0.6 is 0 Å². The third-order valence-corrected chi connectivity index (χ3v) is 1.93. The Balaban J connectivity index is 2.58. The van der Waals surface area contributed by atoms with Crippen LogP contribution in [0.5, 0.6) is 0 Å². The Morgan fingerprint density at radius 3 is 2.42 bits per heavy atom. The molecule has 0 aliphatic carbocycles. The Morgan fingerprint density at radius 1 is 1.25 bits per heavy atom. The average molecular weight is 178 g/mol. The predicted octanol–water partition coefficient (Wildman–Crippen LogP) is -1.27. The second-order valence-corrected chi connectivity index (χ2v) is 2.70. The standard InChI is InChI=1S/C7H14O5/c1-10-6-5(9)4(8)3-12-7(6)11-2/h4-9H,3H2,1-2H3/t4-,5+,6+,7?/m0/s1. The van der Waals surface area contributed by atoms with E-state index in [9.17, 15) is 10.2 Å². The molecule has 1 unspecified atom stereocenters. The van der Waals surface area contributed by atoms with Crippen LogP contribution in [0.15, 0.2) is 0 Å². The van der Waals surface area contributed by atoms with Crippen LogP contribution in [0, 0.1) is 0 Å². The van der Waals surface area contributed by atoms with Gasteiger partial charge in [-0.15, -0.1) is 0 Å². The summed E-state index contributed by atoms with van der Waals surface area (Å²) in [6.45, 7) is 0.0690. The average Bonchev–Trinajstić information content (AvgIpc) is 2.09. The van der Waals surface area contributed by atoms with Crippen molar-refractivity contribution in [3.8, 4) is 0 Å². The second kappa shape index (κ2) is 4.15. The number of hydrogen-bond acceptors (Lipinski definition) is 5. The van der Waals surface area contributed by atoms with Crippen molar-refractivity contribution in [1.82, 2.24) is 0 Å². The van der Waals surface area contributed by atoms with Crippen molar-refractivity contribution in [3.05, 3.63) is 0 Å². The molecule has 5 heteroatoms. The zero-order chi connectivity index (χ0) is 9.14. The van der Waals surface area contributed by atoms with E-state index in [2.05, 4.69) is 0 Å². The highest BCUT2D eigenvalue weighted by Gasteiger charge is 2.38. The van der Waals surface area contributed by atoms with E-state index >= 15 is 0 Å². The van der Waals surface area contributed by atoms with E-state index in [0.29, 0.717) is 0 Å². The minimum Gasteiger partial charge on any atom is -0.388 e. The Labute approximate surface area is 70.9 Å². The van der Waals surface area contributed by atoms with E-state index in [1.54, 1.807) is 0 Å². The molecule has 0 amide bonds. The van der Waals surface area contributed by atoms with Gasteiger partial charge in [0.1, 0.15) is 18.3 Å². The maximum absolute atomic E-state index is 9.40. The summed E-state index contributed by atoms with van der Waals surface area (Å²) in [5, 5.41) is 18.6. The molecule has 5 nitrogen and oxygen atoms in total. The lowest BCUT2D eigenvalue weighted by Crippen LogP contribution is -2.54. The largest absolute Gasteiger partial charge is 0.388 e. The van der Waals surface area contributed by atoms with Gasteiger partial charge in [-0.1, -0.05) is 0 Å². The van der Waals surface area contributed by atoms with E-state index < -0.39 is 24.6 Å². The summed E-state index contributed by atoms with van der Waals surface area (Å²) >= 11 is 0. The third-order valence-electron chi connectivity index (χ3n) is 1.93. The molecule has 1 saturated heterocycles. The maximum Gasteiger partial charge on any atom is 0.186 e. The molecular formula is C7H14O5. The maximum atomic E-state index is 9.40. The van der Waals surface area contributed by atoms with Gasteiger partial charge in [0.15, 0.2) is 6.29 Å². The van der Waals surface area contributed by atoms with Crippen molar-refractivity contribution in [2.24, 2.45) is 0 Å². The Kier molecular flexibility index (Phi) is 3.42. The molecule has 72 valence electrons. The number of methoxy groups -OCH3 is 2. The first-order chi connectivity index (χ1) is 5.70. The summed E-state index contributed by atoms with van der Waals surface area (Å²) in [6.07, 6.45) is -3.08. The molecule has 0 radical (unpaired) electrons. The molecule has 4 atom stereocenters. The smallest absolute Gasteiger partial charge is 0.186 e. The molecular weight excluding hydrogens is 164 g/mol.